The van der Waals surface area contributed by atoms with Crippen LogP contribution in [0, 0.1) is 0 Å². The van der Waals surface area contributed by atoms with E-state index in [0.717, 1.165) is 36.6 Å². The van der Waals surface area contributed by atoms with Gasteiger partial charge in [0.15, 0.2) is 0 Å². The molecule has 1 fully saturated rings. The third-order valence-corrected chi connectivity index (χ3v) is 4.31. The molecule has 1 heterocycles. The first-order valence-electron chi connectivity index (χ1n) is 7.82. The van der Waals surface area contributed by atoms with Crippen LogP contribution >= 0.6 is 11.6 Å². The number of hydrogen-bond acceptors (Lipinski definition) is 3. The molecule has 4 heteroatoms. The Kier molecular flexibility index (Phi) is 5.53. The largest absolute Gasteiger partial charge is 0.394 e. The lowest BCUT2D eigenvalue weighted by Gasteiger charge is -2.38. The molecular weight excluding hydrogens is 284 g/mol. The van der Waals surface area contributed by atoms with Gasteiger partial charge in [0.1, 0.15) is 0 Å². The van der Waals surface area contributed by atoms with Gasteiger partial charge in [-0.1, -0.05) is 23.7 Å². The van der Waals surface area contributed by atoms with Crippen LogP contribution in [0.4, 0.5) is 5.69 Å². The van der Waals surface area contributed by atoms with Gasteiger partial charge < -0.3 is 15.3 Å². The Labute approximate surface area is 133 Å². The number of halogens is 1. The second-order valence-electron chi connectivity index (χ2n) is 6.88. The van der Waals surface area contributed by atoms with Gasteiger partial charge in [-0.25, -0.2) is 0 Å². The van der Waals surface area contributed by atoms with E-state index < -0.39 is 0 Å². The summed E-state index contributed by atoms with van der Waals surface area (Å²) < 4.78 is 0. The summed E-state index contributed by atoms with van der Waals surface area (Å²) in [5.41, 5.74) is 2.37. The van der Waals surface area contributed by atoms with Crippen LogP contribution in [-0.4, -0.2) is 29.8 Å². The maximum Gasteiger partial charge on any atom is 0.0643 e. The van der Waals surface area contributed by atoms with Crippen molar-refractivity contribution in [2.45, 2.75) is 58.2 Å². The minimum absolute atomic E-state index is 0.0673. The van der Waals surface area contributed by atoms with E-state index in [4.69, 9.17) is 11.6 Å². The predicted octanol–water partition coefficient (Wildman–Crippen LogP) is 3.58. The van der Waals surface area contributed by atoms with Crippen LogP contribution in [0.3, 0.4) is 0 Å². The van der Waals surface area contributed by atoms with Crippen molar-refractivity contribution in [1.82, 2.24) is 5.32 Å². The van der Waals surface area contributed by atoms with Crippen LogP contribution in [0.5, 0.6) is 0 Å². The lowest BCUT2D eigenvalue weighted by atomic mass is 9.99. The quantitative estimate of drug-likeness (QED) is 0.892. The van der Waals surface area contributed by atoms with Crippen molar-refractivity contribution in [2.75, 3.05) is 18.1 Å². The van der Waals surface area contributed by atoms with E-state index >= 15 is 0 Å². The monoisotopic (exact) mass is 310 g/mol. The average Bonchev–Trinajstić information content (AvgIpc) is 2.44. The van der Waals surface area contributed by atoms with E-state index in [2.05, 4.69) is 37.1 Å². The van der Waals surface area contributed by atoms with Crippen molar-refractivity contribution in [1.29, 1.82) is 0 Å². The molecule has 1 aliphatic rings. The normalized spacial score (nSPS) is 19.9. The lowest BCUT2D eigenvalue weighted by Crippen LogP contribution is -2.43. The molecule has 1 saturated heterocycles. The molecule has 0 saturated carbocycles. The molecule has 0 bridgehead atoms. The van der Waals surface area contributed by atoms with Crippen molar-refractivity contribution >= 4 is 17.3 Å². The van der Waals surface area contributed by atoms with E-state index in [1.807, 2.05) is 12.1 Å². The van der Waals surface area contributed by atoms with Crippen LogP contribution in [-0.2, 0) is 6.54 Å². The Morgan fingerprint density at radius 2 is 2.10 bits per heavy atom. The minimum atomic E-state index is 0.0673. The van der Waals surface area contributed by atoms with Crippen LogP contribution < -0.4 is 10.2 Å². The summed E-state index contributed by atoms with van der Waals surface area (Å²) in [6.07, 6.45) is 3.38. The Morgan fingerprint density at radius 1 is 1.33 bits per heavy atom. The molecule has 1 aliphatic heterocycles. The van der Waals surface area contributed by atoms with Crippen molar-refractivity contribution in [3.8, 4) is 0 Å². The number of rotatable bonds is 4. The molecule has 0 amide bonds. The molecule has 2 rings (SSSR count). The van der Waals surface area contributed by atoms with E-state index in [9.17, 15) is 5.11 Å². The third kappa shape index (κ3) is 4.35. The van der Waals surface area contributed by atoms with E-state index in [1.54, 1.807) is 0 Å². The van der Waals surface area contributed by atoms with Gasteiger partial charge in [-0.05, 0) is 51.7 Å². The average molecular weight is 311 g/mol. The number of aliphatic hydroxyl groups excluding tert-OH is 1. The summed E-state index contributed by atoms with van der Waals surface area (Å²) in [6.45, 7) is 8.43. The molecule has 0 radical (unpaired) electrons. The second kappa shape index (κ2) is 6.99. The molecule has 21 heavy (non-hydrogen) atoms. The van der Waals surface area contributed by atoms with Crippen LogP contribution in [0.15, 0.2) is 18.2 Å². The number of aliphatic hydroxyl groups is 1. The molecule has 0 aliphatic carbocycles. The molecule has 0 spiro atoms. The zero-order chi connectivity index (χ0) is 15.5. The number of para-hydroxylation sites is 1. The summed E-state index contributed by atoms with van der Waals surface area (Å²) in [5.74, 6) is 0. The van der Waals surface area contributed by atoms with E-state index in [0.29, 0.717) is 0 Å². The Bertz CT molecular complexity index is 470. The van der Waals surface area contributed by atoms with Crippen molar-refractivity contribution in [2.24, 2.45) is 0 Å². The maximum absolute atomic E-state index is 9.66. The third-order valence-electron chi connectivity index (χ3n) is 4.00. The van der Waals surface area contributed by atoms with E-state index in [1.165, 1.54) is 12.0 Å². The molecule has 2 N–H and O–H groups in total. The van der Waals surface area contributed by atoms with Gasteiger partial charge in [-0.2, -0.15) is 0 Å². The minimum Gasteiger partial charge on any atom is -0.394 e. The van der Waals surface area contributed by atoms with Gasteiger partial charge in [-0.15, -0.1) is 0 Å². The van der Waals surface area contributed by atoms with Crippen molar-refractivity contribution in [3.05, 3.63) is 28.8 Å². The maximum atomic E-state index is 9.66. The van der Waals surface area contributed by atoms with Gasteiger partial charge in [0.25, 0.3) is 0 Å². The highest BCUT2D eigenvalue weighted by Crippen LogP contribution is 2.34. The summed E-state index contributed by atoms with van der Waals surface area (Å²) in [7, 11) is 0. The second-order valence-corrected chi connectivity index (χ2v) is 7.28. The van der Waals surface area contributed by atoms with Crippen LogP contribution in [0.1, 0.15) is 45.6 Å². The summed E-state index contributed by atoms with van der Waals surface area (Å²) in [4.78, 5) is 2.30. The molecule has 1 unspecified atom stereocenters. The van der Waals surface area contributed by atoms with Gasteiger partial charge in [0.2, 0.25) is 0 Å². The first kappa shape index (κ1) is 16.6. The molecule has 1 aromatic rings. The van der Waals surface area contributed by atoms with Gasteiger partial charge in [0.05, 0.1) is 23.4 Å². The predicted molar refractivity (Wildman–Crippen MR) is 90.1 cm³/mol. The number of nitrogens with one attached hydrogen (secondary N) is 1. The Hall–Kier alpha value is -0.770. The highest BCUT2D eigenvalue weighted by Gasteiger charge is 2.25. The number of nitrogens with zero attached hydrogens (tertiary/aromatic N) is 1. The molecule has 0 aromatic heterocycles. The summed E-state index contributed by atoms with van der Waals surface area (Å²) >= 11 is 6.48. The summed E-state index contributed by atoms with van der Waals surface area (Å²) in [5, 5.41) is 14.0. The lowest BCUT2D eigenvalue weighted by molar-refractivity contribution is 0.240. The fourth-order valence-corrected chi connectivity index (χ4v) is 3.17. The molecule has 1 aromatic carbocycles. The van der Waals surface area contributed by atoms with Crippen molar-refractivity contribution in [3.63, 3.8) is 0 Å². The molecular formula is C17H27ClN2O. The molecule has 3 nitrogen and oxygen atoms in total. The van der Waals surface area contributed by atoms with E-state index in [-0.39, 0.29) is 18.2 Å². The zero-order valence-corrected chi connectivity index (χ0v) is 14.1. The fraction of sp³-hybridized carbons (Fsp3) is 0.647. The number of piperidine rings is 1. The van der Waals surface area contributed by atoms with Crippen LogP contribution in [0.25, 0.3) is 0 Å². The van der Waals surface area contributed by atoms with Gasteiger partial charge in [-0.3, -0.25) is 0 Å². The van der Waals surface area contributed by atoms with Gasteiger partial charge >= 0.3 is 0 Å². The first-order chi connectivity index (χ1) is 9.92. The molecule has 1 atom stereocenters. The zero-order valence-electron chi connectivity index (χ0n) is 13.3. The highest BCUT2D eigenvalue weighted by molar-refractivity contribution is 6.33. The highest BCUT2D eigenvalue weighted by atomic mass is 35.5. The fourth-order valence-electron chi connectivity index (χ4n) is 2.87. The first-order valence-corrected chi connectivity index (χ1v) is 8.20. The summed E-state index contributed by atoms with van der Waals surface area (Å²) in [6, 6.07) is 6.26. The van der Waals surface area contributed by atoms with Crippen molar-refractivity contribution < 1.29 is 5.11 Å². The topological polar surface area (TPSA) is 35.5 Å². The van der Waals surface area contributed by atoms with Gasteiger partial charge in [0, 0.05) is 18.6 Å². The standard InChI is InChI=1S/C17H27ClN2O/c1-17(2,3)19-11-13-7-6-9-15(18)16(13)20-10-5-4-8-14(20)12-21/h6-7,9,14,19,21H,4-5,8,10-12H2,1-3H3. The molecule has 118 valence electrons. The van der Waals surface area contributed by atoms with Crippen LogP contribution in [0.2, 0.25) is 5.02 Å². The number of benzene rings is 1. The Morgan fingerprint density at radius 3 is 2.76 bits per heavy atom. The number of anilines is 1. The smallest absolute Gasteiger partial charge is 0.0643 e. The SMILES string of the molecule is CC(C)(C)NCc1cccc(Cl)c1N1CCCCC1CO. The Balaban J connectivity index is 2.28. The number of hydrogen-bond donors (Lipinski definition) is 2.